The minimum Gasteiger partial charge on any atom is -0.497 e. The molecule has 5 aromatic rings. The van der Waals surface area contributed by atoms with Crippen LogP contribution in [0.25, 0.3) is 20.4 Å². The Morgan fingerprint density at radius 2 is 1.91 bits per heavy atom. The van der Waals surface area contributed by atoms with Crippen LogP contribution in [-0.2, 0) is 6.54 Å². The molecule has 0 aliphatic heterocycles. The van der Waals surface area contributed by atoms with Crippen LogP contribution in [0.2, 0.25) is 5.02 Å². The number of ether oxygens (including phenoxy) is 1. The van der Waals surface area contributed by atoms with Crippen LogP contribution in [0.1, 0.15) is 15.9 Å². The van der Waals surface area contributed by atoms with Gasteiger partial charge in [0.1, 0.15) is 15.3 Å². The summed E-state index contributed by atoms with van der Waals surface area (Å²) in [6, 6.07) is 18.1. The molecule has 3 heterocycles. The number of thioether (sulfide) groups is 1. The van der Waals surface area contributed by atoms with Gasteiger partial charge in [-0.2, -0.15) is 0 Å². The standard InChI is InChI=1S/C25H18ClN3O3S2/c1-32-17-10-8-15(9-11-17)20(30)14-33-25-28-21-18-6-4-12-27-23(18)34-22(21)24(31)29(25)13-16-5-2-3-7-19(16)26/h2-12H,13-14H2,1H3. The first kappa shape index (κ1) is 22.6. The molecule has 0 spiro atoms. The van der Waals surface area contributed by atoms with Crippen LogP contribution in [0.5, 0.6) is 5.75 Å². The molecule has 0 amide bonds. The highest BCUT2D eigenvalue weighted by Crippen LogP contribution is 2.31. The van der Waals surface area contributed by atoms with E-state index in [2.05, 4.69) is 4.98 Å². The van der Waals surface area contributed by atoms with Gasteiger partial charge in [0.25, 0.3) is 5.56 Å². The van der Waals surface area contributed by atoms with E-state index in [1.165, 1.54) is 23.1 Å². The van der Waals surface area contributed by atoms with Gasteiger partial charge in [-0.25, -0.2) is 9.97 Å². The molecule has 0 aliphatic carbocycles. The van der Waals surface area contributed by atoms with Crippen molar-refractivity contribution in [2.75, 3.05) is 12.9 Å². The van der Waals surface area contributed by atoms with Crippen LogP contribution >= 0.6 is 34.7 Å². The van der Waals surface area contributed by atoms with Crippen LogP contribution in [0, 0.1) is 0 Å². The van der Waals surface area contributed by atoms with Crippen molar-refractivity contribution in [3.63, 3.8) is 0 Å². The molecule has 0 aliphatic rings. The van der Waals surface area contributed by atoms with E-state index in [1.807, 2.05) is 30.3 Å². The molecule has 0 bridgehead atoms. The van der Waals surface area contributed by atoms with E-state index in [0.29, 0.717) is 31.7 Å². The summed E-state index contributed by atoms with van der Waals surface area (Å²) in [6.07, 6.45) is 1.70. The fourth-order valence-electron chi connectivity index (χ4n) is 3.58. The fraction of sp³-hybridized carbons (Fsp3) is 0.120. The highest BCUT2D eigenvalue weighted by atomic mass is 35.5. The Hall–Kier alpha value is -3.20. The first-order valence-electron chi connectivity index (χ1n) is 10.4. The molecule has 3 aromatic heterocycles. The van der Waals surface area contributed by atoms with Gasteiger partial charge >= 0.3 is 0 Å². The molecule has 0 unspecified atom stereocenters. The van der Waals surface area contributed by atoms with E-state index in [0.717, 1.165) is 15.8 Å². The van der Waals surface area contributed by atoms with Gasteiger partial charge in [-0.15, -0.1) is 11.3 Å². The van der Waals surface area contributed by atoms with Gasteiger partial charge in [0, 0.05) is 22.2 Å². The summed E-state index contributed by atoms with van der Waals surface area (Å²) in [5.74, 6) is 0.749. The van der Waals surface area contributed by atoms with Gasteiger partial charge in [0.15, 0.2) is 10.9 Å². The average molecular weight is 508 g/mol. The minimum absolute atomic E-state index is 0.0665. The third-order valence-electron chi connectivity index (χ3n) is 5.35. The van der Waals surface area contributed by atoms with Crippen LogP contribution in [-0.4, -0.2) is 33.2 Å². The van der Waals surface area contributed by atoms with Gasteiger partial charge in [-0.3, -0.25) is 14.2 Å². The number of rotatable bonds is 7. The summed E-state index contributed by atoms with van der Waals surface area (Å²) < 4.78 is 7.28. The second-order valence-electron chi connectivity index (χ2n) is 7.45. The Morgan fingerprint density at radius 3 is 2.68 bits per heavy atom. The number of fused-ring (bicyclic) bond motifs is 3. The van der Waals surface area contributed by atoms with Crippen LogP contribution in [0.4, 0.5) is 0 Å². The Bertz CT molecular complexity index is 1580. The molecule has 9 heteroatoms. The number of halogens is 1. The maximum absolute atomic E-state index is 13.6. The fourth-order valence-corrected chi connectivity index (χ4v) is 5.69. The number of thiophene rings is 1. The number of ketones is 1. The lowest BCUT2D eigenvalue weighted by Crippen LogP contribution is -2.23. The SMILES string of the molecule is COc1ccc(C(=O)CSc2nc3c(sc4ncccc43)c(=O)n2Cc2ccccc2Cl)cc1. The summed E-state index contributed by atoms with van der Waals surface area (Å²) in [7, 11) is 1.58. The molecule has 5 rings (SSSR count). The van der Waals surface area contributed by atoms with E-state index in [1.54, 1.807) is 48.2 Å². The van der Waals surface area contributed by atoms with Crippen molar-refractivity contribution < 1.29 is 9.53 Å². The minimum atomic E-state index is -0.174. The summed E-state index contributed by atoms with van der Waals surface area (Å²) in [5.41, 5.74) is 1.80. The highest BCUT2D eigenvalue weighted by molar-refractivity contribution is 7.99. The zero-order valence-electron chi connectivity index (χ0n) is 18.0. The van der Waals surface area contributed by atoms with E-state index in [4.69, 9.17) is 21.3 Å². The van der Waals surface area contributed by atoms with Gasteiger partial charge in [0.2, 0.25) is 0 Å². The molecule has 0 saturated heterocycles. The number of carbonyl (C=O) groups excluding carboxylic acids is 1. The summed E-state index contributed by atoms with van der Waals surface area (Å²) >= 11 is 8.94. The van der Waals surface area contributed by atoms with Crippen molar-refractivity contribution in [1.29, 1.82) is 0 Å². The Morgan fingerprint density at radius 1 is 1.12 bits per heavy atom. The van der Waals surface area contributed by atoms with Crippen LogP contribution in [0.3, 0.4) is 0 Å². The molecular weight excluding hydrogens is 490 g/mol. The number of methoxy groups -OCH3 is 1. The third kappa shape index (κ3) is 4.32. The second kappa shape index (κ2) is 9.58. The topological polar surface area (TPSA) is 74.1 Å². The molecule has 0 atom stereocenters. The molecule has 6 nitrogen and oxygen atoms in total. The quantitative estimate of drug-likeness (QED) is 0.160. The van der Waals surface area contributed by atoms with E-state index in [9.17, 15) is 9.59 Å². The van der Waals surface area contributed by atoms with Gasteiger partial charge < -0.3 is 4.74 Å². The molecule has 34 heavy (non-hydrogen) atoms. The van der Waals surface area contributed by atoms with Crippen molar-refractivity contribution in [3.8, 4) is 5.75 Å². The van der Waals surface area contributed by atoms with Crippen LogP contribution in [0.15, 0.2) is 76.8 Å². The first-order valence-corrected chi connectivity index (χ1v) is 12.5. The number of pyridine rings is 1. The zero-order chi connectivity index (χ0) is 23.7. The van der Waals surface area contributed by atoms with Crippen molar-refractivity contribution in [3.05, 3.63) is 93.4 Å². The largest absolute Gasteiger partial charge is 0.497 e. The number of nitrogens with zero attached hydrogens (tertiary/aromatic N) is 3. The predicted octanol–water partition coefficient (Wildman–Crippen LogP) is 5.69. The molecule has 0 N–H and O–H groups in total. The van der Waals surface area contributed by atoms with Gasteiger partial charge in [0.05, 0.1) is 24.9 Å². The second-order valence-corrected chi connectivity index (χ2v) is 9.80. The van der Waals surface area contributed by atoms with Gasteiger partial charge in [-0.1, -0.05) is 41.6 Å². The van der Waals surface area contributed by atoms with Gasteiger partial charge in [-0.05, 0) is 48.0 Å². The highest BCUT2D eigenvalue weighted by Gasteiger charge is 2.19. The average Bonchev–Trinajstić information content (AvgIpc) is 3.24. The third-order valence-corrected chi connectivity index (χ3v) is 7.78. The summed E-state index contributed by atoms with van der Waals surface area (Å²) in [6.45, 7) is 0.252. The Labute approximate surface area is 208 Å². The predicted molar refractivity (Wildman–Crippen MR) is 138 cm³/mol. The molecule has 0 radical (unpaired) electrons. The molecule has 0 fully saturated rings. The van der Waals surface area contributed by atoms with Crippen molar-refractivity contribution in [1.82, 2.24) is 14.5 Å². The smallest absolute Gasteiger partial charge is 0.272 e. The maximum Gasteiger partial charge on any atom is 0.272 e. The number of hydrogen-bond donors (Lipinski definition) is 0. The molecule has 0 saturated carbocycles. The van der Waals surface area contributed by atoms with E-state index in [-0.39, 0.29) is 23.6 Å². The molecule has 170 valence electrons. The first-order chi connectivity index (χ1) is 16.5. The molecule has 2 aromatic carbocycles. The van der Waals surface area contributed by atoms with Crippen molar-refractivity contribution >= 4 is 60.9 Å². The number of Topliss-reactive ketones (excluding diaryl/α,β-unsaturated/α-hetero) is 1. The summed E-state index contributed by atoms with van der Waals surface area (Å²) in [4.78, 5) is 36.4. The number of benzene rings is 2. The zero-order valence-corrected chi connectivity index (χ0v) is 20.4. The van der Waals surface area contributed by atoms with Crippen molar-refractivity contribution in [2.24, 2.45) is 0 Å². The lowest BCUT2D eigenvalue weighted by Gasteiger charge is -2.13. The number of aromatic nitrogens is 3. The van der Waals surface area contributed by atoms with Crippen LogP contribution < -0.4 is 10.3 Å². The van der Waals surface area contributed by atoms with Crippen molar-refractivity contribution in [2.45, 2.75) is 11.7 Å². The Balaban J connectivity index is 1.56. The number of carbonyl (C=O) groups is 1. The van der Waals surface area contributed by atoms with E-state index < -0.39 is 0 Å². The van der Waals surface area contributed by atoms with E-state index >= 15 is 0 Å². The monoisotopic (exact) mass is 507 g/mol. The lowest BCUT2D eigenvalue weighted by molar-refractivity contribution is 0.102. The molecular formula is C25H18ClN3O3S2. The number of hydrogen-bond acceptors (Lipinski definition) is 7. The summed E-state index contributed by atoms with van der Waals surface area (Å²) in [5, 5.41) is 1.86. The Kier molecular flexibility index (Phi) is 6.36. The normalized spacial score (nSPS) is 11.2. The maximum atomic E-state index is 13.6. The lowest BCUT2D eigenvalue weighted by atomic mass is 10.1.